The van der Waals surface area contributed by atoms with E-state index in [1.807, 2.05) is 36.4 Å². The average Bonchev–Trinajstić information content (AvgIpc) is 2.97. The zero-order chi connectivity index (χ0) is 17.6. The number of rotatable bonds is 6. The smallest absolute Gasteiger partial charge is 0.132 e. The summed E-state index contributed by atoms with van der Waals surface area (Å²) in [5.74, 6) is 0.696. The molecule has 1 N–H and O–H groups in total. The Balaban J connectivity index is 1.85. The number of hydrogen-bond donors (Lipinski definition) is 1. The van der Waals surface area contributed by atoms with Crippen LogP contribution in [-0.2, 0) is 13.0 Å². The summed E-state index contributed by atoms with van der Waals surface area (Å²) in [6.07, 6.45) is 4.00. The summed E-state index contributed by atoms with van der Waals surface area (Å²) >= 11 is 0. The van der Waals surface area contributed by atoms with Crippen molar-refractivity contribution >= 4 is 0 Å². The fourth-order valence-electron chi connectivity index (χ4n) is 2.58. The summed E-state index contributed by atoms with van der Waals surface area (Å²) in [4.78, 5) is 4.11. The summed E-state index contributed by atoms with van der Waals surface area (Å²) in [6, 6.07) is 13.5. The molecule has 1 aromatic carbocycles. The fourth-order valence-corrected chi connectivity index (χ4v) is 2.58. The van der Waals surface area contributed by atoms with Crippen LogP contribution in [0.2, 0.25) is 0 Å². The topological polar surface area (TPSA) is 84.0 Å². The van der Waals surface area contributed by atoms with E-state index in [1.165, 1.54) is 0 Å². The minimum Gasteiger partial charge on any atom is -0.487 e. The largest absolute Gasteiger partial charge is 0.487 e. The van der Waals surface area contributed by atoms with Crippen molar-refractivity contribution in [3.05, 3.63) is 71.3 Å². The van der Waals surface area contributed by atoms with Gasteiger partial charge in [-0.05, 0) is 43.2 Å². The second-order valence-corrected chi connectivity index (χ2v) is 5.55. The van der Waals surface area contributed by atoms with E-state index in [4.69, 9.17) is 9.84 Å². The molecule has 0 radical (unpaired) electrons. The minimum atomic E-state index is 0.120. The number of aliphatic hydroxyl groups excluding tert-OH is 1. The molecule has 0 aliphatic carbocycles. The third-order valence-corrected chi connectivity index (χ3v) is 3.86. The Kier molecular flexibility index (Phi) is 5.07. The van der Waals surface area contributed by atoms with Crippen molar-refractivity contribution in [2.45, 2.75) is 20.0 Å². The van der Waals surface area contributed by atoms with Crippen molar-refractivity contribution in [3.8, 4) is 17.5 Å². The molecule has 3 rings (SSSR count). The normalized spacial score (nSPS) is 10.4. The molecule has 0 aliphatic rings. The molecule has 2 heterocycles. The highest BCUT2D eigenvalue weighted by Gasteiger charge is 2.17. The number of pyridine rings is 1. The first-order valence-electron chi connectivity index (χ1n) is 7.94. The molecule has 2 aromatic heterocycles. The lowest BCUT2D eigenvalue weighted by atomic mass is 10.1. The van der Waals surface area contributed by atoms with Crippen molar-refractivity contribution < 1.29 is 9.84 Å². The first-order valence-corrected chi connectivity index (χ1v) is 7.94. The van der Waals surface area contributed by atoms with Crippen molar-refractivity contribution in [2.24, 2.45) is 0 Å². The maximum absolute atomic E-state index is 9.45. The van der Waals surface area contributed by atoms with Crippen molar-refractivity contribution in [3.63, 3.8) is 0 Å². The van der Waals surface area contributed by atoms with Gasteiger partial charge in [0.15, 0.2) is 0 Å². The van der Waals surface area contributed by atoms with E-state index in [9.17, 15) is 5.26 Å². The van der Waals surface area contributed by atoms with Crippen LogP contribution in [0.25, 0.3) is 5.69 Å². The highest BCUT2D eigenvalue weighted by molar-refractivity contribution is 5.42. The molecule has 0 amide bonds. The lowest BCUT2D eigenvalue weighted by Gasteiger charge is -2.10. The Morgan fingerprint density at radius 1 is 1.24 bits per heavy atom. The molecule has 0 saturated carbocycles. The predicted octanol–water partition coefficient (Wildman–Crippen LogP) is 2.56. The Labute approximate surface area is 145 Å². The maximum atomic E-state index is 9.45. The lowest BCUT2D eigenvalue weighted by Crippen LogP contribution is -2.07. The summed E-state index contributed by atoms with van der Waals surface area (Å²) in [5.41, 5.74) is 3.68. The van der Waals surface area contributed by atoms with Gasteiger partial charge in [0.05, 0.1) is 23.3 Å². The van der Waals surface area contributed by atoms with E-state index in [0.717, 1.165) is 11.3 Å². The number of hydrogen-bond acceptors (Lipinski definition) is 5. The molecule has 0 spiro atoms. The van der Waals surface area contributed by atoms with Gasteiger partial charge < -0.3 is 9.84 Å². The quantitative estimate of drug-likeness (QED) is 0.749. The number of aromatic nitrogens is 3. The number of nitriles is 1. The molecule has 126 valence electrons. The molecule has 0 bridgehead atoms. The lowest BCUT2D eigenvalue weighted by molar-refractivity contribution is 0.295. The summed E-state index contributed by atoms with van der Waals surface area (Å²) in [7, 11) is 0. The standard InChI is InChI=1S/C19H18N4O2/c1-14-18(11-20)19(23(22-14)16-3-2-9-21-12-16)13-25-17-6-4-15(5-7-17)8-10-24/h2-7,9,12,24H,8,10,13H2,1H3. The van der Waals surface area contributed by atoms with Crippen LogP contribution in [0.1, 0.15) is 22.5 Å². The minimum absolute atomic E-state index is 0.120. The molecule has 0 unspecified atom stereocenters. The van der Waals surface area contributed by atoms with Gasteiger partial charge in [-0.25, -0.2) is 4.68 Å². The van der Waals surface area contributed by atoms with Gasteiger partial charge in [-0.1, -0.05) is 12.1 Å². The highest BCUT2D eigenvalue weighted by Crippen LogP contribution is 2.20. The van der Waals surface area contributed by atoms with Crippen molar-refractivity contribution in [2.75, 3.05) is 6.61 Å². The first-order chi connectivity index (χ1) is 12.2. The summed E-state index contributed by atoms with van der Waals surface area (Å²) < 4.78 is 7.54. The molecule has 0 saturated heterocycles. The van der Waals surface area contributed by atoms with Crippen LogP contribution >= 0.6 is 0 Å². The molecular weight excluding hydrogens is 316 g/mol. The van der Waals surface area contributed by atoms with Gasteiger partial charge >= 0.3 is 0 Å². The number of nitrogens with zero attached hydrogens (tertiary/aromatic N) is 4. The summed E-state index contributed by atoms with van der Waals surface area (Å²) in [6.45, 7) is 2.14. The monoisotopic (exact) mass is 334 g/mol. The molecular formula is C19H18N4O2. The van der Waals surface area contributed by atoms with E-state index in [1.54, 1.807) is 24.0 Å². The van der Waals surface area contributed by atoms with Crippen LogP contribution in [0.15, 0.2) is 48.8 Å². The van der Waals surface area contributed by atoms with Crippen molar-refractivity contribution in [1.82, 2.24) is 14.8 Å². The van der Waals surface area contributed by atoms with Gasteiger partial charge in [0, 0.05) is 12.8 Å². The third kappa shape index (κ3) is 3.67. The molecule has 0 aliphatic heterocycles. The van der Waals surface area contributed by atoms with Crippen LogP contribution in [0.3, 0.4) is 0 Å². The van der Waals surface area contributed by atoms with E-state index in [2.05, 4.69) is 16.2 Å². The third-order valence-electron chi connectivity index (χ3n) is 3.86. The predicted molar refractivity (Wildman–Crippen MR) is 92.4 cm³/mol. The number of aliphatic hydroxyl groups is 1. The van der Waals surface area contributed by atoms with Crippen LogP contribution in [0, 0.1) is 18.3 Å². The molecule has 6 heteroatoms. The van der Waals surface area contributed by atoms with Gasteiger partial charge in [0.25, 0.3) is 0 Å². The van der Waals surface area contributed by atoms with Crippen LogP contribution in [0.5, 0.6) is 5.75 Å². The highest BCUT2D eigenvalue weighted by atomic mass is 16.5. The van der Waals surface area contributed by atoms with E-state index < -0.39 is 0 Å². The first kappa shape index (κ1) is 16.7. The van der Waals surface area contributed by atoms with Gasteiger partial charge in [0.2, 0.25) is 0 Å². The average molecular weight is 334 g/mol. The number of ether oxygens (including phenoxy) is 1. The fraction of sp³-hybridized carbons (Fsp3) is 0.211. The van der Waals surface area contributed by atoms with Crippen LogP contribution < -0.4 is 4.74 Å². The molecule has 6 nitrogen and oxygen atoms in total. The Bertz CT molecular complexity index is 880. The zero-order valence-electron chi connectivity index (χ0n) is 13.9. The van der Waals surface area contributed by atoms with Gasteiger partial charge in [-0.2, -0.15) is 10.4 Å². The number of benzene rings is 1. The maximum Gasteiger partial charge on any atom is 0.132 e. The second-order valence-electron chi connectivity index (χ2n) is 5.55. The Hall–Kier alpha value is -3.17. The Morgan fingerprint density at radius 2 is 2.04 bits per heavy atom. The van der Waals surface area contributed by atoms with Crippen LogP contribution in [-0.4, -0.2) is 26.5 Å². The van der Waals surface area contributed by atoms with Gasteiger partial charge in [0.1, 0.15) is 24.0 Å². The SMILES string of the molecule is Cc1nn(-c2cccnc2)c(COc2ccc(CCO)cc2)c1C#N. The van der Waals surface area contributed by atoms with Gasteiger partial charge in [-0.3, -0.25) is 4.98 Å². The second kappa shape index (κ2) is 7.60. The van der Waals surface area contributed by atoms with Crippen LogP contribution in [0.4, 0.5) is 0 Å². The summed E-state index contributed by atoms with van der Waals surface area (Å²) in [5, 5.41) is 22.9. The van der Waals surface area contributed by atoms with E-state index in [0.29, 0.717) is 29.1 Å². The molecule has 0 fully saturated rings. The zero-order valence-corrected chi connectivity index (χ0v) is 13.9. The van der Waals surface area contributed by atoms with E-state index >= 15 is 0 Å². The van der Waals surface area contributed by atoms with Crippen molar-refractivity contribution in [1.29, 1.82) is 5.26 Å². The molecule has 25 heavy (non-hydrogen) atoms. The van der Waals surface area contributed by atoms with E-state index in [-0.39, 0.29) is 13.2 Å². The van der Waals surface area contributed by atoms with Gasteiger partial charge in [-0.15, -0.1) is 0 Å². The molecule has 0 atom stereocenters. The number of aryl methyl sites for hydroxylation is 1. The molecule has 3 aromatic rings. The Morgan fingerprint density at radius 3 is 2.68 bits per heavy atom.